The minimum absolute atomic E-state index is 0.0542. The summed E-state index contributed by atoms with van der Waals surface area (Å²) in [6.07, 6.45) is 8.49. The summed E-state index contributed by atoms with van der Waals surface area (Å²) in [4.78, 5) is 14.5. The molecule has 1 aromatic heterocycles. The number of nitrogens with zero attached hydrogens (tertiary/aromatic N) is 4. The standard InChI is InChI=1S/C19H23FN4O/c20-17-9-5-4-8-16(17)14-10-11-23(12-14)19(25)18-13-24(22-21-18)15-6-2-1-3-7-15/h4-5,8-9,13-15H,1-3,6-7,10-12H2/t14-/m1/s1. The van der Waals surface area contributed by atoms with Gasteiger partial charge in [0, 0.05) is 19.0 Å². The largest absolute Gasteiger partial charge is 0.337 e. The van der Waals surface area contributed by atoms with Crippen LogP contribution in [0.15, 0.2) is 30.5 Å². The van der Waals surface area contributed by atoms with Crippen molar-refractivity contribution in [2.24, 2.45) is 0 Å². The third-order valence-electron chi connectivity index (χ3n) is 5.50. The van der Waals surface area contributed by atoms with Crippen molar-refractivity contribution in [2.45, 2.75) is 50.5 Å². The van der Waals surface area contributed by atoms with E-state index in [1.165, 1.54) is 25.3 Å². The Morgan fingerprint density at radius 1 is 1.12 bits per heavy atom. The SMILES string of the molecule is O=C(c1cn(C2CCCCC2)nn1)N1CC[C@@H](c2ccccc2F)C1. The minimum atomic E-state index is -0.190. The van der Waals surface area contributed by atoms with Crippen molar-refractivity contribution in [3.63, 3.8) is 0 Å². The van der Waals surface area contributed by atoms with Crippen molar-refractivity contribution in [1.82, 2.24) is 19.9 Å². The topological polar surface area (TPSA) is 51.0 Å². The molecule has 0 spiro atoms. The highest BCUT2D eigenvalue weighted by Gasteiger charge is 2.31. The summed E-state index contributed by atoms with van der Waals surface area (Å²) in [5.74, 6) is -0.232. The van der Waals surface area contributed by atoms with Crippen LogP contribution in [0.4, 0.5) is 4.39 Å². The lowest BCUT2D eigenvalue weighted by atomic mass is 9.96. The van der Waals surface area contributed by atoms with E-state index in [2.05, 4.69) is 10.3 Å². The maximum absolute atomic E-state index is 14.0. The van der Waals surface area contributed by atoms with E-state index >= 15 is 0 Å². The zero-order valence-electron chi connectivity index (χ0n) is 14.3. The van der Waals surface area contributed by atoms with Crippen LogP contribution in [0.25, 0.3) is 0 Å². The van der Waals surface area contributed by atoms with Crippen molar-refractivity contribution < 1.29 is 9.18 Å². The smallest absolute Gasteiger partial charge is 0.276 e. The molecule has 2 aliphatic rings. The number of halogens is 1. The number of rotatable bonds is 3. The van der Waals surface area contributed by atoms with Crippen LogP contribution in [0.1, 0.15) is 66.5 Å². The monoisotopic (exact) mass is 342 g/mol. The Kier molecular flexibility index (Phi) is 4.51. The van der Waals surface area contributed by atoms with Gasteiger partial charge in [-0.15, -0.1) is 5.10 Å². The van der Waals surface area contributed by atoms with Gasteiger partial charge < -0.3 is 4.90 Å². The first-order valence-corrected chi connectivity index (χ1v) is 9.18. The molecule has 2 aromatic rings. The highest BCUT2D eigenvalue weighted by molar-refractivity contribution is 5.92. The Bertz CT molecular complexity index is 753. The van der Waals surface area contributed by atoms with E-state index in [4.69, 9.17) is 0 Å². The Hall–Kier alpha value is -2.24. The molecule has 1 aromatic carbocycles. The average Bonchev–Trinajstić information content (AvgIpc) is 3.32. The summed E-state index contributed by atoms with van der Waals surface area (Å²) in [6, 6.07) is 7.20. The van der Waals surface area contributed by atoms with Crippen molar-refractivity contribution in [3.05, 3.63) is 47.5 Å². The van der Waals surface area contributed by atoms with E-state index in [0.717, 1.165) is 19.3 Å². The zero-order valence-corrected chi connectivity index (χ0v) is 14.3. The third-order valence-corrected chi connectivity index (χ3v) is 5.50. The summed E-state index contributed by atoms with van der Waals surface area (Å²) >= 11 is 0. The number of amides is 1. The molecule has 132 valence electrons. The quantitative estimate of drug-likeness (QED) is 0.857. The number of hydrogen-bond acceptors (Lipinski definition) is 3. The average molecular weight is 342 g/mol. The fourth-order valence-electron chi connectivity index (χ4n) is 4.07. The molecule has 1 atom stereocenters. The maximum atomic E-state index is 14.0. The van der Waals surface area contributed by atoms with Gasteiger partial charge >= 0.3 is 0 Å². The number of benzene rings is 1. The van der Waals surface area contributed by atoms with Gasteiger partial charge in [-0.1, -0.05) is 42.7 Å². The van der Waals surface area contributed by atoms with Gasteiger partial charge in [0.2, 0.25) is 0 Å². The second kappa shape index (κ2) is 6.94. The van der Waals surface area contributed by atoms with Crippen LogP contribution < -0.4 is 0 Å². The van der Waals surface area contributed by atoms with Crippen LogP contribution in [0.2, 0.25) is 0 Å². The van der Waals surface area contributed by atoms with Crippen LogP contribution in [0.5, 0.6) is 0 Å². The Labute approximate surface area is 146 Å². The van der Waals surface area contributed by atoms with E-state index in [1.807, 2.05) is 16.8 Å². The molecular formula is C19H23FN4O. The van der Waals surface area contributed by atoms with Gasteiger partial charge in [-0.25, -0.2) is 9.07 Å². The molecule has 0 N–H and O–H groups in total. The first-order valence-electron chi connectivity index (χ1n) is 9.18. The molecule has 1 saturated heterocycles. The fraction of sp³-hybridized carbons (Fsp3) is 0.526. The van der Waals surface area contributed by atoms with Crippen LogP contribution in [-0.2, 0) is 0 Å². The van der Waals surface area contributed by atoms with Crippen LogP contribution in [-0.4, -0.2) is 38.9 Å². The molecular weight excluding hydrogens is 319 g/mol. The Balaban J connectivity index is 1.43. The van der Waals surface area contributed by atoms with Crippen molar-refractivity contribution in [1.29, 1.82) is 0 Å². The highest BCUT2D eigenvalue weighted by atomic mass is 19.1. The second-order valence-corrected chi connectivity index (χ2v) is 7.13. The number of carbonyl (C=O) groups is 1. The van der Waals surface area contributed by atoms with Crippen LogP contribution in [0, 0.1) is 5.82 Å². The lowest BCUT2D eigenvalue weighted by molar-refractivity contribution is 0.0784. The van der Waals surface area contributed by atoms with Gasteiger partial charge in [-0.05, 0) is 30.9 Å². The molecule has 2 heterocycles. The predicted molar refractivity (Wildman–Crippen MR) is 91.8 cm³/mol. The molecule has 25 heavy (non-hydrogen) atoms. The van der Waals surface area contributed by atoms with Gasteiger partial charge in [-0.2, -0.15) is 0 Å². The first kappa shape index (κ1) is 16.2. The van der Waals surface area contributed by atoms with Gasteiger partial charge in [0.1, 0.15) is 5.82 Å². The molecule has 0 radical (unpaired) electrons. The molecule has 5 nitrogen and oxygen atoms in total. The van der Waals surface area contributed by atoms with E-state index in [0.29, 0.717) is 30.4 Å². The van der Waals surface area contributed by atoms with Crippen molar-refractivity contribution >= 4 is 5.91 Å². The summed E-state index contributed by atoms with van der Waals surface area (Å²) < 4.78 is 15.8. The highest BCUT2D eigenvalue weighted by Crippen LogP contribution is 2.30. The van der Waals surface area contributed by atoms with Crippen molar-refractivity contribution in [3.8, 4) is 0 Å². The van der Waals surface area contributed by atoms with Gasteiger partial charge in [-0.3, -0.25) is 4.79 Å². The second-order valence-electron chi connectivity index (χ2n) is 7.13. The summed E-state index contributed by atoms with van der Waals surface area (Å²) in [5.41, 5.74) is 1.10. The van der Waals surface area contributed by atoms with E-state index in [-0.39, 0.29) is 17.6 Å². The van der Waals surface area contributed by atoms with E-state index in [1.54, 1.807) is 17.2 Å². The Morgan fingerprint density at radius 2 is 1.92 bits per heavy atom. The third kappa shape index (κ3) is 3.30. The van der Waals surface area contributed by atoms with Crippen molar-refractivity contribution in [2.75, 3.05) is 13.1 Å². The number of carbonyl (C=O) groups excluding carboxylic acids is 1. The summed E-state index contributed by atoms with van der Waals surface area (Å²) in [6.45, 7) is 1.17. The first-order chi connectivity index (χ1) is 12.2. The molecule has 4 rings (SSSR count). The molecule has 1 amide bonds. The lowest BCUT2D eigenvalue weighted by Gasteiger charge is -2.21. The fourth-order valence-corrected chi connectivity index (χ4v) is 4.07. The predicted octanol–water partition coefficient (Wildman–Crippen LogP) is 3.55. The van der Waals surface area contributed by atoms with Crippen LogP contribution >= 0.6 is 0 Å². The molecule has 1 aliphatic carbocycles. The molecule has 2 fully saturated rings. The van der Waals surface area contributed by atoms with Gasteiger partial charge in [0.25, 0.3) is 5.91 Å². The van der Waals surface area contributed by atoms with E-state index < -0.39 is 0 Å². The molecule has 6 heteroatoms. The summed E-state index contributed by atoms with van der Waals surface area (Å²) in [7, 11) is 0. The summed E-state index contributed by atoms with van der Waals surface area (Å²) in [5, 5.41) is 8.28. The minimum Gasteiger partial charge on any atom is -0.337 e. The zero-order chi connectivity index (χ0) is 17.2. The van der Waals surface area contributed by atoms with E-state index in [9.17, 15) is 9.18 Å². The maximum Gasteiger partial charge on any atom is 0.276 e. The molecule has 1 aliphatic heterocycles. The number of likely N-dealkylation sites (tertiary alicyclic amines) is 1. The van der Waals surface area contributed by atoms with Gasteiger partial charge in [0.05, 0.1) is 12.2 Å². The normalized spacial score (nSPS) is 21.6. The molecule has 1 saturated carbocycles. The van der Waals surface area contributed by atoms with Gasteiger partial charge in [0.15, 0.2) is 5.69 Å². The molecule has 0 bridgehead atoms. The lowest BCUT2D eigenvalue weighted by Crippen LogP contribution is -2.28. The number of aromatic nitrogens is 3. The molecule has 0 unspecified atom stereocenters. The van der Waals surface area contributed by atoms with Crippen LogP contribution in [0.3, 0.4) is 0 Å². The Morgan fingerprint density at radius 3 is 2.72 bits per heavy atom. The number of hydrogen-bond donors (Lipinski definition) is 0.